The van der Waals surface area contributed by atoms with Crippen molar-refractivity contribution in [3.05, 3.63) is 28.8 Å². The molecule has 0 aromatic heterocycles. The predicted octanol–water partition coefficient (Wildman–Crippen LogP) is 2.81. The first-order valence-electron chi connectivity index (χ1n) is 5.45. The van der Waals surface area contributed by atoms with Crippen molar-refractivity contribution in [2.45, 2.75) is 20.0 Å². The highest BCUT2D eigenvalue weighted by atomic mass is 35.5. The van der Waals surface area contributed by atoms with Crippen LogP contribution in [-0.2, 0) is 4.74 Å². The molecule has 0 saturated carbocycles. The summed E-state index contributed by atoms with van der Waals surface area (Å²) in [6.07, 6.45) is 0.233. The van der Waals surface area contributed by atoms with Crippen LogP contribution in [0.25, 0.3) is 0 Å². The molecule has 0 amide bonds. The van der Waals surface area contributed by atoms with Gasteiger partial charge in [-0.2, -0.15) is 0 Å². The minimum absolute atomic E-state index is 0.233. The highest BCUT2D eigenvalue weighted by molar-refractivity contribution is 7.80. The van der Waals surface area contributed by atoms with Gasteiger partial charge in [-0.1, -0.05) is 23.8 Å². The summed E-state index contributed by atoms with van der Waals surface area (Å²) in [5.74, 6) is 0. The van der Waals surface area contributed by atoms with Crippen LogP contribution < -0.4 is 11.1 Å². The van der Waals surface area contributed by atoms with Crippen LogP contribution in [0.2, 0.25) is 5.02 Å². The second-order valence-electron chi connectivity index (χ2n) is 3.90. The predicted molar refractivity (Wildman–Crippen MR) is 76.9 cm³/mol. The SMILES string of the molecule is CC(C)OCCNc1ccc(Cl)cc1C(N)=S. The quantitative estimate of drug-likeness (QED) is 0.618. The number of anilines is 1. The Bertz CT molecular complexity index is 396. The van der Waals surface area contributed by atoms with Gasteiger partial charge in [0.2, 0.25) is 0 Å². The first-order chi connectivity index (χ1) is 8.00. The Morgan fingerprint density at radius 2 is 2.24 bits per heavy atom. The third kappa shape index (κ3) is 4.89. The molecule has 1 aromatic rings. The molecular weight excluding hydrogens is 256 g/mol. The molecule has 0 aliphatic carbocycles. The van der Waals surface area contributed by atoms with Crippen LogP contribution in [0.15, 0.2) is 18.2 Å². The summed E-state index contributed by atoms with van der Waals surface area (Å²) in [5.41, 5.74) is 7.28. The second-order valence-corrected chi connectivity index (χ2v) is 4.78. The van der Waals surface area contributed by atoms with Crippen LogP contribution in [0, 0.1) is 0 Å². The molecule has 0 fully saturated rings. The molecule has 1 aromatic carbocycles. The van der Waals surface area contributed by atoms with Gasteiger partial charge < -0.3 is 15.8 Å². The Hall–Kier alpha value is -0.840. The van der Waals surface area contributed by atoms with Crippen molar-refractivity contribution < 1.29 is 4.74 Å². The molecule has 0 spiro atoms. The van der Waals surface area contributed by atoms with Gasteiger partial charge >= 0.3 is 0 Å². The molecule has 0 bridgehead atoms. The maximum Gasteiger partial charge on any atom is 0.106 e. The monoisotopic (exact) mass is 272 g/mol. The van der Waals surface area contributed by atoms with Gasteiger partial charge in [0.15, 0.2) is 0 Å². The Balaban J connectivity index is 2.61. The van der Waals surface area contributed by atoms with E-state index in [1.54, 1.807) is 12.1 Å². The third-order valence-corrected chi connectivity index (χ3v) is 2.57. The van der Waals surface area contributed by atoms with Crippen LogP contribution in [0.1, 0.15) is 19.4 Å². The fourth-order valence-electron chi connectivity index (χ4n) is 1.35. The molecule has 0 heterocycles. The molecule has 94 valence electrons. The van der Waals surface area contributed by atoms with Gasteiger partial charge in [0.25, 0.3) is 0 Å². The van der Waals surface area contributed by atoms with E-state index in [9.17, 15) is 0 Å². The number of rotatable bonds is 6. The summed E-state index contributed by atoms with van der Waals surface area (Å²) in [6, 6.07) is 5.43. The Kier molecular flexibility index (Phi) is 5.68. The van der Waals surface area contributed by atoms with Crippen molar-refractivity contribution in [3.8, 4) is 0 Å². The summed E-state index contributed by atoms with van der Waals surface area (Å²) in [5, 5.41) is 3.85. The number of benzene rings is 1. The highest BCUT2D eigenvalue weighted by Gasteiger charge is 2.05. The van der Waals surface area contributed by atoms with Crippen LogP contribution in [0.5, 0.6) is 0 Å². The Morgan fingerprint density at radius 1 is 1.53 bits per heavy atom. The normalized spacial score (nSPS) is 10.6. The van der Waals surface area contributed by atoms with Crippen LogP contribution in [0.3, 0.4) is 0 Å². The van der Waals surface area contributed by atoms with Crippen molar-refractivity contribution in [2.75, 3.05) is 18.5 Å². The Labute approximate surface area is 112 Å². The lowest BCUT2D eigenvalue weighted by molar-refractivity contribution is 0.0870. The van der Waals surface area contributed by atoms with E-state index in [4.69, 9.17) is 34.3 Å². The smallest absolute Gasteiger partial charge is 0.106 e. The van der Waals surface area contributed by atoms with Crippen molar-refractivity contribution >= 4 is 34.5 Å². The molecule has 3 N–H and O–H groups in total. The summed E-state index contributed by atoms with van der Waals surface area (Å²) in [6.45, 7) is 5.35. The molecule has 17 heavy (non-hydrogen) atoms. The van der Waals surface area contributed by atoms with Crippen molar-refractivity contribution in [2.24, 2.45) is 5.73 Å². The van der Waals surface area contributed by atoms with E-state index < -0.39 is 0 Å². The molecular formula is C12H17ClN2OS. The van der Waals surface area contributed by atoms with Crippen molar-refractivity contribution in [3.63, 3.8) is 0 Å². The van der Waals surface area contributed by atoms with Gasteiger partial charge in [0.05, 0.1) is 12.7 Å². The molecule has 3 nitrogen and oxygen atoms in total. The highest BCUT2D eigenvalue weighted by Crippen LogP contribution is 2.20. The molecule has 0 aliphatic rings. The van der Waals surface area contributed by atoms with Crippen LogP contribution in [-0.4, -0.2) is 24.2 Å². The Morgan fingerprint density at radius 3 is 2.82 bits per heavy atom. The second kappa shape index (κ2) is 6.79. The van der Waals surface area contributed by atoms with Crippen LogP contribution >= 0.6 is 23.8 Å². The van der Waals surface area contributed by atoms with Gasteiger partial charge in [-0.15, -0.1) is 0 Å². The number of nitrogens with one attached hydrogen (secondary N) is 1. The standard InChI is InChI=1S/C12H17ClN2OS/c1-8(2)16-6-5-15-11-4-3-9(13)7-10(11)12(14)17/h3-4,7-8,15H,5-6H2,1-2H3,(H2,14,17). The van der Waals surface area contributed by atoms with Gasteiger partial charge in [-0.05, 0) is 32.0 Å². The zero-order valence-electron chi connectivity index (χ0n) is 10.00. The maximum absolute atomic E-state index is 5.90. The first-order valence-corrected chi connectivity index (χ1v) is 6.24. The summed E-state index contributed by atoms with van der Waals surface area (Å²) >= 11 is 10.9. The number of hydrogen-bond acceptors (Lipinski definition) is 3. The number of thiocarbonyl (C=S) groups is 1. The molecule has 0 atom stereocenters. The summed E-state index contributed by atoms with van der Waals surface area (Å²) in [7, 11) is 0. The fraction of sp³-hybridized carbons (Fsp3) is 0.417. The molecule has 5 heteroatoms. The fourth-order valence-corrected chi connectivity index (χ4v) is 1.70. The van der Waals surface area contributed by atoms with E-state index in [0.717, 1.165) is 11.3 Å². The van der Waals surface area contributed by atoms with E-state index >= 15 is 0 Å². The van der Waals surface area contributed by atoms with E-state index in [1.807, 2.05) is 19.9 Å². The van der Waals surface area contributed by atoms with Gasteiger partial charge in [-0.25, -0.2) is 0 Å². The zero-order valence-corrected chi connectivity index (χ0v) is 11.6. The minimum Gasteiger partial charge on any atom is -0.389 e. The minimum atomic E-state index is 0.233. The number of halogens is 1. The first kappa shape index (κ1) is 14.2. The number of ether oxygens (including phenoxy) is 1. The summed E-state index contributed by atoms with van der Waals surface area (Å²) in [4.78, 5) is 0.333. The molecule has 0 saturated heterocycles. The van der Waals surface area contributed by atoms with E-state index in [-0.39, 0.29) is 6.10 Å². The van der Waals surface area contributed by atoms with Crippen molar-refractivity contribution in [1.82, 2.24) is 0 Å². The van der Waals surface area contributed by atoms with E-state index in [0.29, 0.717) is 23.2 Å². The number of nitrogens with two attached hydrogens (primary N) is 1. The van der Waals surface area contributed by atoms with E-state index in [2.05, 4.69) is 5.32 Å². The van der Waals surface area contributed by atoms with Gasteiger partial charge in [0, 0.05) is 22.8 Å². The third-order valence-electron chi connectivity index (χ3n) is 2.12. The lowest BCUT2D eigenvalue weighted by Gasteiger charge is -2.13. The lowest BCUT2D eigenvalue weighted by atomic mass is 10.2. The van der Waals surface area contributed by atoms with Crippen molar-refractivity contribution in [1.29, 1.82) is 0 Å². The van der Waals surface area contributed by atoms with Gasteiger partial charge in [-0.3, -0.25) is 0 Å². The zero-order chi connectivity index (χ0) is 12.8. The molecule has 1 rings (SSSR count). The lowest BCUT2D eigenvalue weighted by Crippen LogP contribution is -2.17. The molecule has 0 unspecified atom stereocenters. The molecule has 0 aliphatic heterocycles. The van der Waals surface area contributed by atoms with Gasteiger partial charge in [0.1, 0.15) is 4.99 Å². The van der Waals surface area contributed by atoms with Crippen LogP contribution in [0.4, 0.5) is 5.69 Å². The average molecular weight is 273 g/mol. The van der Waals surface area contributed by atoms with E-state index in [1.165, 1.54) is 0 Å². The summed E-state index contributed by atoms with van der Waals surface area (Å²) < 4.78 is 5.43. The number of hydrogen-bond donors (Lipinski definition) is 2. The molecule has 0 radical (unpaired) electrons. The average Bonchev–Trinajstić information content (AvgIpc) is 2.25. The largest absolute Gasteiger partial charge is 0.389 e. The maximum atomic E-state index is 5.90. The topological polar surface area (TPSA) is 47.3 Å².